The Morgan fingerprint density at radius 2 is 1.58 bits per heavy atom. The van der Waals surface area contributed by atoms with Crippen molar-refractivity contribution in [3.8, 4) is 5.75 Å². The van der Waals surface area contributed by atoms with E-state index in [4.69, 9.17) is 4.74 Å². The monoisotopic (exact) mass is 576 g/mol. The van der Waals surface area contributed by atoms with E-state index >= 15 is 0 Å². The van der Waals surface area contributed by atoms with Crippen LogP contribution >= 0.6 is 0 Å². The second-order valence-electron chi connectivity index (χ2n) is 10.6. The second-order valence-corrected chi connectivity index (χ2v) is 10.6. The number of carbonyl (C=O) groups excluding carboxylic acids is 1. The Morgan fingerprint density at radius 1 is 0.860 bits per heavy atom. The average molecular weight is 577 g/mol. The maximum atomic E-state index is 12.4. The highest BCUT2D eigenvalue weighted by Gasteiger charge is 2.16. The lowest BCUT2D eigenvalue weighted by Crippen LogP contribution is -2.32. The average Bonchev–Trinajstić information content (AvgIpc) is 3.02. The smallest absolute Gasteiger partial charge is 0.319 e. The zero-order chi connectivity index (χ0) is 30.0. The molecule has 1 aromatic heterocycles. The Morgan fingerprint density at radius 3 is 2.35 bits per heavy atom. The summed E-state index contributed by atoms with van der Waals surface area (Å²) in [6.45, 7) is 3.18. The number of carbonyl (C=O) groups is 1. The van der Waals surface area contributed by atoms with Crippen molar-refractivity contribution in [1.29, 1.82) is 0 Å². The molecule has 0 radical (unpaired) electrons. The van der Waals surface area contributed by atoms with Crippen molar-refractivity contribution >= 4 is 22.6 Å². The third-order valence-electron chi connectivity index (χ3n) is 7.17. The number of nitrogens with one attached hydrogen (secondary N) is 4. The maximum absolute atomic E-state index is 12.4. The van der Waals surface area contributed by atoms with Gasteiger partial charge in [0.1, 0.15) is 12.4 Å². The number of rotatable bonds is 12. The van der Waals surface area contributed by atoms with E-state index in [1.807, 2.05) is 91.0 Å². The van der Waals surface area contributed by atoms with E-state index in [2.05, 4.69) is 27.9 Å². The van der Waals surface area contributed by atoms with Crippen LogP contribution in [0.1, 0.15) is 35.3 Å². The fourth-order valence-electron chi connectivity index (χ4n) is 4.97. The van der Waals surface area contributed by atoms with E-state index in [1.165, 1.54) is 6.07 Å². The van der Waals surface area contributed by atoms with Gasteiger partial charge in [-0.2, -0.15) is 0 Å². The van der Waals surface area contributed by atoms with Crippen LogP contribution in [0.3, 0.4) is 0 Å². The Balaban J connectivity index is 1.17. The number of aliphatic hydroxyl groups is 1. The van der Waals surface area contributed by atoms with Crippen LogP contribution in [0.5, 0.6) is 5.75 Å². The van der Waals surface area contributed by atoms with Gasteiger partial charge in [0.25, 0.3) is 0 Å². The molecule has 0 unspecified atom stereocenters. The van der Waals surface area contributed by atoms with Crippen molar-refractivity contribution in [3.05, 3.63) is 142 Å². The zero-order valence-corrected chi connectivity index (χ0v) is 24.0. The largest absolute Gasteiger partial charge is 0.487 e. The third kappa shape index (κ3) is 8.31. The number of fused-ring (bicyclic) bond motifs is 1. The highest BCUT2D eigenvalue weighted by molar-refractivity contribution is 5.89. The van der Waals surface area contributed by atoms with Gasteiger partial charge in [-0.1, -0.05) is 78.9 Å². The van der Waals surface area contributed by atoms with Crippen LogP contribution in [-0.4, -0.2) is 28.7 Å². The topological polar surface area (TPSA) is 115 Å². The maximum Gasteiger partial charge on any atom is 0.319 e. The molecule has 4 aromatic carbocycles. The molecule has 0 bridgehead atoms. The number of pyridine rings is 1. The first-order valence-corrected chi connectivity index (χ1v) is 14.4. The SMILES string of the molecule is C[C@H](Cc1cccc(NC(=O)NCc2ccccc2)c1)NC[C@H](O)c1ccc(OCc2ccccc2)c2[nH]c(=O)ccc12. The summed E-state index contributed by atoms with van der Waals surface area (Å²) in [6.07, 6.45) is -0.103. The van der Waals surface area contributed by atoms with E-state index < -0.39 is 6.10 Å². The molecule has 0 aliphatic carbocycles. The minimum atomic E-state index is -0.805. The van der Waals surface area contributed by atoms with Crippen LogP contribution in [0, 0.1) is 0 Å². The molecule has 0 fully saturated rings. The molecule has 8 heteroatoms. The summed E-state index contributed by atoms with van der Waals surface area (Å²) >= 11 is 0. The van der Waals surface area contributed by atoms with Gasteiger partial charge in [-0.25, -0.2) is 4.79 Å². The molecule has 0 saturated carbocycles. The van der Waals surface area contributed by atoms with Crippen LogP contribution in [-0.2, 0) is 19.6 Å². The van der Waals surface area contributed by atoms with Crippen molar-refractivity contribution in [2.75, 3.05) is 11.9 Å². The summed E-state index contributed by atoms with van der Waals surface area (Å²) < 4.78 is 6.03. The van der Waals surface area contributed by atoms with Crippen molar-refractivity contribution < 1.29 is 14.6 Å². The molecule has 1 heterocycles. The zero-order valence-electron chi connectivity index (χ0n) is 24.0. The second kappa shape index (κ2) is 14.3. The molecule has 5 N–H and O–H groups in total. The summed E-state index contributed by atoms with van der Waals surface area (Å²) in [7, 11) is 0. The van der Waals surface area contributed by atoms with Gasteiger partial charge in [-0.3, -0.25) is 4.79 Å². The molecule has 43 heavy (non-hydrogen) atoms. The molecule has 2 amide bonds. The minimum absolute atomic E-state index is 0.0522. The summed E-state index contributed by atoms with van der Waals surface area (Å²) in [4.78, 5) is 27.4. The van der Waals surface area contributed by atoms with E-state index in [0.717, 1.165) is 22.1 Å². The lowest BCUT2D eigenvalue weighted by Gasteiger charge is -2.20. The number of amides is 2. The lowest BCUT2D eigenvalue weighted by atomic mass is 10.0. The van der Waals surface area contributed by atoms with Crippen molar-refractivity contribution in [2.24, 2.45) is 0 Å². The summed E-state index contributed by atoms with van der Waals surface area (Å²) in [6, 6.07) is 33.9. The number of urea groups is 1. The van der Waals surface area contributed by atoms with Gasteiger partial charge in [0.2, 0.25) is 5.56 Å². The van der Waals surface area contributed by atoms with Crippen molar-refractivity contribution in [1.82, 2.24) is 15.6 Å². The van der Waals surface area contributed by atoms with Gasteiger partial charge in [-0.05, 0) is 59.9 Å². The molecule has 0 spiro atoms. The van der Waals surface area contributed by atoms with Gasteiger partial charge in [0.15, 0.2) is 0 Å². The lowest BCUT2D eigenvalue weighted by molar-refractivity contribution is 0.172. The molecule has 0 aliphatic rings. The van der Waals surface area contributed by atoms with Gasteiger partial charge in [-0.15, -0.1) is 0 Å². The van der Waals surface area contributed by atoms with Gasteiger partial charge in [0, 0.05) is 36.3 Å². The van der Waals surface area contributed by atoms with Crippen molar-refractivity contribution in [2.45, 2.75) is 38.6 Å². The fourth-order valence-corrected chi connectivity index (χ4v) is 4.97. The molecule has 0 saturated heterocycles. The van der Waals surface area contributed by atoms with E-state index in [9.17, 15) is 14.7 Å². The Bertz CT molecular complexity index is 1710. The first-order chi connectivity index (χ1) is 20.9. The minimum Gasteiger partial charge on any atom is -0.487 e. The van der Waals surface area contributed by atoms with Crippen LogP contribution < -0.4 is 26.2 Å². The number of H-pyrrole nitrogens is 1. The molecule has 0 aliphatic heterocycles. The fraction of sp³-hybridized carbons (Fsp3) is 0.200. The molecule has 5 aromatic rings. The van der Waals surface area contributed by atoms with Crippen LogP contribution in [0.2, 0.25) is 0 Å². The van der Waals surface area contributed by atoms with E-state index in [0.29, 0.717) is 48.6 Å². The predicted octanol–water partition coefficient (Wildman–Crippen LogP) is 5.68. The number of aromatic amines is 1. The summed E-state index contributed by atoms with van der Waals surface area (Å²) in [5.41, 5.74) is 4.84. The predicted molar refractivity (Wildman–Crippen MR) is 170 cm³/mol. The molecule has 220 valence electrons. The Hall–Kier alpha value is -4.92. The number of anilines is 1. The molecule has 2 atom stereocenters. The number of hydrogen-bond donors (Lipinski definition) is 5. The summed E-state index contributed by atoms with van der Waals surface area (Å²) in [5.74, 6) is 0.552. The number of ether oxygens (including phenoxy) is 1. The van der Waals surface area contributed by atoms with Crippen LogP contribution in [0.25, 0.3) is 10.9 Å². The van der Waals surface area contributed by atoms with Crippen molar-refractivity contribution in [3.63, 3.8) is 0 Å². The number of aliphatic hydroxyl groups excluding tert-OH is 1. The normalized spacial score (nSPS) is 12.4. The molecular weight excluding hydrogens is 540 g/mol. The highest BCUT2D eigenvalue weighted by atomic mass is 16.5. The number of hydrogen-bond acceptors (Lipinski definition) is 5. The van der Waals surface area contributed by atoms with Crippen LogP contribution in [0.4, 0.5) is 10.5 Å². The highest BCUT2D eigenvalue weighted by Crippen LogP contribution is 2.30. The number of benzene rings is 4. The summed E-state index contributed by atoms with van der Waals surface area (Å²) in [5, 5.41) is 21.0. The first kappa shape index (κ1) is 29.6. The molecular formula is C35H36N4O4. The molecule has 8 nitrogen and oxygen atoms in total. The first-order valence-electron chi connectivity index (χ1n) is 14.4. The third-order valence-corrected chi connectivity index (χ3v) is 7.17. The van der Waals surface area contributed by atoms with E-state index in [1.54, 1.807) is 12.1 Å². The standard InChI is InChI=1S/C35H36N4O4/c1-24(19-27-13-8-14-28(20-27)38-35(42)37-21-25-9-4-2-5-10-25)36-22-31(40)29-15-17-32(34-30(29)16-18-33(41)39-34)43-23-26-11-6-3-7-12-26/h2-18,20,24,31,36,40H,19,21-23H2,1H3,(H,39,41)(H2,37,38,42)/t24-,31+/m1/s1. The van der Waals surface area contributed by atoms with E-state index in [-0.39, 0.29) is 17.6 Å². The number of aromatic nitrogens is 1. The molecule has 5 rings (SSSR count). The van der Waals surface area contributed by atoms with Gasteiger partial charge < -0.3 is 30.8 Å². The Kier molecular flexibility index (Phi) is 9.84. The Labute approximate surface area is 250 Å². The quantitative estimate of drug-likeness (QED) is 0.131. The van der Waals surface area contributed by atoms with Gasteiger partial charge in [0.05, 0.1) is 11.6 Å². The van der Waals surface area contributed by atoms with Gasteiger partial charge >= 0.3 is 6.03 Å². The van der Waals surface area contributed by atoms with Crippen LogP contribution in [0.15, 0.2) is 114 Å².